The molecule has 2 N–H and O–H groups in total. The lowest BCUT2D eigenvalue weighted by Crippen LogP contribution is -2.20. The Labute approximate surface area is 172 Å². The number of rotatable bonds is 7. The van der Waals surface area contributed by atoms with Gasteiger partial charge in [-0.15, -0.1) is 21.5 Å². The summed E-state index contributed by atoms with van der Waals surface area (Å²) < 4.78 is 1.66. The first-order chi connectivity index (χ1) is 13.3. The Hall–Kier alpha value is -2.45. The number of nitrogens with two attached hydrogens (primary N) is 1. The number of amides is 1. The second kappa shape index (κ2) is 8.28. The SMILES string of the molecule is CC(C)(C)c1ccc(C(=O)CSc2nnc(-c3cccs3)n2CC(N)=O)cc1. The predicted molar refractivity (Wildman–Crippen MR) is 113 cm³/mol. The number of primary amides is 1. The third kappa shape index (κ3) is 4.69. The van der Waals surface area contributed by atoms with E-state index in [1.165, 1.54) is 28.7 Å². The highest BCUT2D eigenvalue weighted by Gasteiger charge is 2.19. The van der Waals surface area contributed by atoms with Gasteiger partial charge in [0.1, 0.15) is 6.54 Å². The zero-order valence-corrected chi connectivity index (χ0v) is 17.6. The van der Waals surface area contributed by atoms with Gasteiger partial charge >= 0.3 is 0 Å². The van der Waals surface area contributed by atoms with Gasteiger partial charge in [-0.2, -0.15) is 0 Å². The molecule has 0 bridgehead atoms. The van der Waals surface area contributed by atoms with E-state index in [4.69, 9.17) is 5.73 Å². The van der Waals surface area contributed by atoms with Crippen molar-refractivity contribution >= 4 is 34.8 Å². The van der Waals surface area contributed by atoms with Crippen molar-refractivity contribution in [3.63, 3.8) is 0 Å². The molecule has 0 spiro atoms. The molecule has 0 fully saturated rings. The number of nitrogens with zero attached hydrogens (tertiary/aromatic N) is 3. The van der Waals surface area contributed by atoms with Crippen LogP contribution in [0.2, 0.25) is 0 Å². The Morgan fingerprint density at radius 2 is 1.86 bits per heavy atom. The zero-order valence-electron chi connectivity index (χ0n) is 16.0. The molecule has 2 aromatic heterocycles. The van der Waals surface area contributed by atoms with Crippen LogP contribution in [0.5, 0.6) is 0 Å². The first-order valence-electron chi connectivity index (χ1n) is 8.77. The van der Waals surface area contributed by atoms with Crippen molar-refractivity contribution in [1.29, 1.82) is 0 Å². The molecule has 3 aromatic rings. The first-order valence-corrected chi connectivity index (χ1v) is 10.6. The first kappa shape index (κ1) is 20.3. The summed E-state index contributed by atoms with van der Waals surface area (Å²) in [7, 11) is 0. The van der Waals surface area contributed by atoms with Crippen LogP contribution in [-0.2, 0) is 16.8 Å². The van der Waals surface area contributed by atoms with E-state index in [1.807, 2.05) is 41.8 Å². The molecule has 3 rings (SSSR count). The summed E-state index contributed by atoms with van der Waals surface area (Å²) in [5.41, 5.74) is 7.26. The average molecular weight is 415 g/mol. The fourth-order valence-corrected chi connectivity index (χ4v) is 4.20. The summed E-state index contributed by atoms with van der Waals surface area (Å²) in [6.07, 6.45) is 0. The number of carbonyl (C=O) groups is 2. The summed E-state index contributed by atoms with van der Waals surface area (Å²) >= 11 is 2.76. The van der Waals surface area contributed by atoms with E-state index in [0.717, 1.165) is 4.88 Å². The Kier molecular flexibility index (Phi) is 6.00. The van der Waals surface area contributed by atoms with E-state index in [1.54, 1.807) is 4.57 Å². The number of hydrogen-bond donors (Lipinski definition) is 1. The maximum atomic E-state index is 12.6. The van der Waals surface area contributed by atoms with Gasteiger partial charge in [0.15, 0.2) is 16.8 Å². The molecular formula is C20H22N4O2S2. The van der Waals surface area contributed by atoms with Crippen LogP contribution in [0.4, 0.5) is 0 Å². The minimum atomic E-state index is -0.483. The summed E-state index contributed by atoms with van der Waals surface area (Å²) in [5.74, 6) is 0.300. The molecule has 28 heavy (non-hydrogen) atoms. The molecule has 6 nitrogen and oxygen atoms in total. The maximum absolute atomic E-state index is 12.6. The average Bonchev–Trinajstić information content (AvgIpc) is 3.28. The topological polar surface area (TPSA) is 90.9 Å². The summed E-state index contributed by atoms with van der Waals surface area (Å²) in [6, 6.07) is 11.5. The number of thiophene rings is 1. The van der Waals surface area contributed by atoms with Crippen molar-refractivity contribution in [1.82, 2.24) is 14.8 Å². The number of thioether (sulfide) groups is 1. The van der Waals surface area contributed by atoms with Gasteiger partial charge in [-0.3, -0.25) is 14.2 Å². The maximum Gasteiger partial charge on any atom is 0.237 e. The Bertz CT molecular complexity index is 971. The van der Waals surface area contributed by atoms with E-state index in [-0.39, 0.29) is 23.5 Å². The van der Waals surface area contributed by atoms with Gasteiger partial charge in [-0.1, -0.05) is 62.9 Å². The molecule has 0 saturated carbocycles. The molecule has 0 aliphatic carbocycles. The standard InChI is InChI=1S/C20H22N4O2S2/c1-20(2,3)14-8-6-13(7-9-14)15(25)12-28-19-23-22-18(16-5-4-10-27-16)24(19)11-17(21)26/h4-10H,11-12H2,1-3H3,(H2,21,26). The van der Waals surface area contributed by atoms with Crippen LogP contribution >= 0.6 is 23.1 Å². The number of aromatic nitrogens is 3. The van der Waals surface area contributed by atoms with Crippen molar-refractivity contribution in [2.45, 2.75) is 37.9 Å². The van der Waals surface area contributed by atoms with Gasteiger partial charge in [0, 0.05) is 5.56 Å². The highest BCUT2D eigenvalue weighted by Crippen LogP contribution is 2.28. The molecule has 0 aliphatic heterocycles. The van der Waals surface area contributed by atoms with Gasteiger partial charge in [-0.05, 0) is 22.4 Å². The predicted octanol–water partition coefficient (Wildman–Crippen LogP) is 3.76. The lowest BCUT2D eigenvalue weighted by Gasteiger charge is -2.18. The van der Waals surface area contributed by atoms with Crippen LogP contribution in [0.3, 0.4) is 0 Å². The molecule has 8 heteroatoms. The van der Waals surface area contributed by atoms with E-state index in [2.05, 4.69) is 31.0 Å². The number of Topliss-reactive ketones (excluding diaryl/α,β-unsaturated/α-hetero) is 1. The van der Waals surface area contributed by atoms with Crippen molar-refractivity contribution in [2.24, 2.45) is 5.73 Å². The van der Waals surface area contributed by atoms with Crippen molar-refractivity contribution < 1.29 is 9.59 Å². The smallest absolute Gasteiger partial charge is 0.237 e. The lowest BCUT2D eigenvalue weighted by atomic mass is 9.86. The molecule has 146 valence electrons. The van der Waals surface area contributed by atoms with Crippen LogP contribution in [-0.4, -0.2) is 32.2 Å². The second-order valence-corrected chi connectivity index (χ2v) is 9.27. The van der Waals surface area contributed by atoms with Crippen LogP contribution in [0, 0.1) is 0 Å². The minimum Gasteiger partial charge on any atom is -0.368 e. The van der Waals surface area contributed by atoms with Crippen molar-refractivity contribution in [3.05, 3.63) is 52.9 Å². The molecule has 0 radical (unpaired) electrons. The molecule has 0 aliphatic rings. The largest absolute Gasteiger partial charge is 0.368 e. The van der Waals surface area contributed by atoms with Gasteiger partial charge in [-0.25, -0.2) is 0 Å². The number of hydrogen-bond acceptors (Lipinski definition) is 6. The Balaban J connectivity index is 1.75. The molecule has 1 aromatic carbocycles. The molecule has 0 saturated heterocycles. The fourth-order valence-electron chi connectivity index (χ4n) is 2.65. The summed E-state index contributed by atoms with van der Waals surface area (Å²) in [4.78, 5) is 25.0. The molecule has 0 unspecified atom stereocenters. The van der Waals surface area contributed by atoms with Crippen LogP contribution in [0.15, 0.2) is 46.9 Å². The highest BCUT2D eigenvalue weighted by molar-refractivity contribution is 7.99. The zero-order chi connectivity index (χ0) is 20.3. The minimum absolute atomic E-state index is 0.00300. The van der Waals surface area contributed by atoms with Gasteiger partial charge < -0.3 is 5.73 Å². The van der Waals surface area contributed by atoms with E-state index in [9.17, 15) is 9.59 Å². The molecular weight excluding hydrogens is 392 g/mol. The van der Waals surface area contributed by atoms with Crippen molar-refractivity contribution in [3.8, 4) is 10.7 Å². The third-order valence-corrected chi connectivity index (χ3v) is 6.01. The lowest BCUT2D eigenvalue weighted by molar-refractivity contribution is -0.118. The molecule has 0 atom stereocenters. The van der Waals surface area contributed by atoms with E-state index < -0.39 is 5.91 Å². The number of benzene rings is 1. The van der Waals surface area contributed by atoms with Gasteiger partial charge in [0.2, 0.25) is 5.91 Å². The fraction of sp³-hybridized carbons (Fsp3) is 0.300. The monoisotopic (exact) mass is 414 g/mol. The van der Waals surface area contributed by atoms with Crippen LogP contribution < -0.4 is 5.73 Å². The number of carbonyl (C=O) groups excluding carboxylic acids is 2. The Morgan fingerprint density at radius 1 is 1.14 bits per heavy atom. The van der Waals surface area contributed by atoms with E-state index >= 15 is 0 Å². The van der Waals surface area contributed by atoms with Crippen molar-refractivity contribution in [2.75, 3.05) is 5.75 Å². The summed E-state index contributed by atoms with van der Waals surface area (Å²) in [5, 5.41) is 10.8. The molecule has 1 amide bonds. The molecule has 2 heterocycles. The van der Waals surface area contributed by atoms with Crippen LogP contribution in [0.25, 0.3) is 10.7 Å². The van der Waals surface area contributed by atoms with Crippen LogP contribution in [0.1, 0.15) is 36.7 Å². The Morgan fingerprint density at radius 3 is 2.43 bits per heavy atom. The highest BCUT2D eigenvalue weighted by atomic mass is 32.2. The van der Waals surface area contributed by atoms with E-state index in [0.29, 0.717) is 16.5 Å². The summed E-state index contributed by atoms with van der Waals surface area (Å²) in [6.45, 7) is 6.38. The quantitative estimate of drug-likeness (QED) is 0.469. The third-order valence-electron chi connectivity index (χ3n) is 4.18. The van der Waals surface area contributed by atoms with Gasteiger partial charge in [0.25, 0.3) is 0 Å². The van der Waals surface area contributed by atoms with Gasteiger partial charge in [0.05, 0.1) is 10.6 Å². The second-order valence-electron chi connectivity index (χ2n) is 7.38. The normalized spacial score (nSPS) is 11.5. The number of ketones is 1.